The zero-order valence-electron chi connectivity index (χ0n) is 17.6. The van der Waals surface area contributed by atoms with Crippen molar-refractivity contribution in [3.8, 4) is 11.5 Å². The molecule has 168 valence electrons. The van der Waals surface area contributed by atoms with Crippen LogP contribution < -0.4 is 9.47 Å². The Hall–Kier alpha value is -2.49. The van der Waals surface area contributed by atoms with Gasteiger partial charge in [-0.25, -0.2) is 0 Å². The number of imide groups is 1. The van der Waals surface area contributed by atoms with Gasteiger partial charge in [0.1, 0.15) is 6.61 Å². The number of carbonyl (C=O) groups is 2. The molecule has 1 fully saturated rings. The fourth-order valence-corrected chi connectivity index (χ4v) is 4.52. The molecule has 8 heteroatoms. The third kappa shape index (κ3) is 5.90. The molecule has 0 aromatic heterocycles. The van der Waals surface area contributed by atoms with Gasteiger partial charge in [-0.3, -0.25) is 14.5 Å². The topological polar surface area (TPSA) is 55.8 Å². The van der Waals surface area contributed by atoms with E-state index >= 15 is 0 Å². The van der Waals surface area contributed by atoms with Crippen LogP contribution in [0.1, 0.15) is 16.7 Å². The second-order valence-corrected chi connectivity index (χ2v) is 9.90. The molecule has 0 bridgehead atoms. The molecule has 1 saturated heterocycles. The first-order chi connectivity index (χ1) is 15.9. The van der Waals surface area contributed by atoms with E-state index in [-0.39, 0.29) is 17.7 Å². The number of hydrogen-bond donors (Lipinski definition) is 0. The van der Waals surface area contributed by atoms with Crippen LogP contribution in [0.3, 0.4) is 0 Å². The van der Waals surface area contributed by atoms with Gasteiger partial charge < -0.3 is 9.47 Å². The van der Waals surface area contributed by atoms with Crippen molar-refractivity contribution in [2.24, 2.45) is 0 Å². The molecular formula is C25H19ClINO4S. The van der Waals surface area contributed by atoms with Crippen molar-refractivity contribution in [1.29, 1.82) is 0 Å². The summed E-state index contributed by atoms with van der Waals surface area (Å²) in [6.45, 7) is 0.615. The molecule has 0 spiro atoms. The van der Waals surface area contributed by atoms with E-state index in [9.17, 15) is 9.59 Å². The van der Waals surface area contributed by atoms with Gasteiger partial charge in [0.25, 0.3) is 11.1 Å². The van der Waals surface area contributed by atoms with Crippen molar-refractivity contribution in [2.75, 3.05) is 7.11 Å². The predicted molar refractivity (Wildman–Crippen MR) is 139 cm³/mol. The van der Waals surface area contributed by atoms with Crippen LogP contribution in [0.4, 0.5) is 4.79 Å². The van der Waals surface area contributed by atoms with Crippen molar-refractivity contribution >= 4 is 63.2 Å². The zero-order valence-corrected chi connectivity index (χ0v) is 21.3. The Balaban J connectivity index is 1.47. The highest BCUT2D eigenvalue weighted by Crippen LogP contribution is 2.35. The molecular weight excluding hydrogens is 573 g/mol. The fourth-order valence-electron chi connectivity index (χ4n) is 3.19. The van der Waals surface area contributed by atoms with E-state index in [0.717, 1.165) is 32.0 Å². The fraction of sp³-hybridized carbons (Fsp3) is 0.120. The quantitative estimate of drug-likeness (QED) is 0.224. The van der Waals surface area contributed by atoms with Crippen LogP contribution in [0.15, 0.2) is 71.6 Å². The number of thioether (sulfide) groups is 1. The van der Waals surface area contributed by atoms with E-state index in [0.29, 0.717) is 28.0 Å². The maximum absolute atomic E-state index is 12.8. The number of carbonyl (C=O) groups excluding carboxylic acids is 2. The molecule has 0 saturated carbocycles. The van der Waals surface area contributed by atoms with Gasteiger partial charge in [0.2, 0.25) is 0 Å². The Morgan fingerprint density at radius 2 is 1.67 bits per heavy atom. The number of amides is 2. The van der Waals surface area contributed by atoms with Gasteiger partial charge in [-0.2, -0.15) is 0 Å². The lowest BCUT2D eigenvalue weighted by molar-refractivity contribution is -0.123. The van der Waals surface area contributed by atoms with Gasteiger partial charge >= 0.3 is 0 Å². The SMILES string of the molecule is COc1cc(/C=C2/SC(=O)N(Cc3ccc(I)cc3)C2=O)ccc1OCc1ccc(Cl)cc1. The minimum absolute atomic E-state index is 0.250. The second-order valence-electron chi connectivity index (χ2n) is 7.22. The number of nitrogens with zero attached hydrogens (tertiary/aromatic N) is 1. The highest BCUT2D eigenvalue weighted by molar-refractivity contribution is 14.1. The molecule has 0 atom stereocenters. The van der Waals surface area contributed by atoms with E-state index in [1.54, 1.807) is 25.3 Å². The minimum atomic E-state index is -0.300. The molecule has 4 rings (SSSR count). The normalized spacial score (nSPS) is 14.8. The predicted octanol–water partition coefficient (Wildman–Crippen LogP) is 6.77. The van der Waals surface area contributed by atoms with Crippen LogP contribution >= 0.6 is 46.0 Å². The van der Waals surface area contributed by atoms with Crippen LogP contribution in [0.5, 0.6) is 11.5 Å². The van der Waals surface area contributed by atoms with E-state index in [1.165, 1.54) is 4.90 Å². The summed E-state index contributed by atoms with van der Waals surface area (Å²) >= 11 is 9.08. The average molecular weight is 592 g/mol. The summed E-state index contributed by atoms with van der Waals surface area (Å²) in [6, 6.07) is 20.6. The van der Waals surface area contributed by atoms with Crippen LogP contribution in [-0.2, 0) is 17.9 Å². The lowest BCUT2D eigenvalue weighted by Gasteiger charge is -2.12. The molecule has 1 aliphatic rings. The van der Waals surface area contributed by atoms with Crippen LogP contribution in [0.2, 0.25) is 5.02 Å². The minimum Gasteiger partial charge on any atom is -0.493 e. The van der Waals surface area contributed by atoms with Gasteiger partial charge in [0, 0.05) is 8.59 Å². The number of halogens is 2. The smallest absolute Gasteiger partial charge is 0.293 e. The molecule has 3 aromatic carbocycles. The van der Waals surface area contributed by atoms with Crippen LogP contribution in [0.25, 0.3) is 6.08 Å². The Morgan fingerprint density at radius 1 is 0.970 bits per heavy atom. The number of ether oxygens (including phenoxy) is 2. The first kappa shape index (κ1) is 23.7. The van der Waals surface area contributed by atoms with Crippen molar-refractivity contribution in [3.05, 3.63) is 96.9 Å². The monoisotopic (exact) mass is 591 g/mol. The summed E-state index contributed by atoms with van der Waals surface area (Å²) in [5, 5.41) is 0.392. The van der Waals surface area contributed by atoms with E-state index in [4.69, 9.17) is 21.1 Å². The first-order valence-electron chi connectivity index (χ1n) is 9.98. The standard InChI is InChI=1S/C25H19ClINO4S/c1-31-22-12-18(6-11-21(22)32-15-17-2-7-19(26)8-3-17)13-23-24(29)28(25(30)33-23)14-16-4-9-20(27)10-5-16/h2-13H,14-15H2,1H3/b23-13+. The Morgan fingerprint density at radius 3 is 2.36 bits per heavy atom. The summed E-state index contributed by atoms with van der Waals surface area (Å²) in [7, 11) is 1.56. The lowest BCUT2D eigenvalue weighted by Crippen LogP contribution is -2.27. The van der Waals surface area contributed by atoms with E-state index in [1.807, 2.05) is 54.6 Å². The molecule has 33 heavy (non-hydrogen) atoms. The van der Waals surface area contributed by atoms with Gasteiger partial charge in [0.05, 0.1) is 18.6 Å². The highest BCUT2D eigenvalue weighted by Gasteiger charge is 2.35. The van der Waals surface area contributed by atoms with Crippen molar-refractivity contribution < 1.29 is 19.1 Å². The first-order valence-corrected chi connectivity index (χ1v) is 12.3. The number of methoxy groups -OCH3 is 1. The largest absolute Gasteiger partial charge is 0.493 e. The van der Waals surface area contributed by atoms with Crippen molar-refractivity contribution in [1.82, 2.24) is 4.90 Å². The highest BCUT2D eigenvalue weighted by atomic mass is 127. The summed E-state index contributed by atoms with van der Waals surface area (Å²) < 4.78 is 12.5. The second kappa shape index (κ2) is 10.6. The average Bonchev–Trinajstić information content (AvgIpc) is 3.07. The Bertz CT molecular complexity index is 1210. The summed E-state index contributed by atoms with van der Waals surface area (Å²) in [5.74, 6) is 0.817. The molecule has 0 radical (unpaired) electrons. The molecule has 5 nitrogen and oxygen atoms in total. The summed E-state index contributed by atoms with van der Waals surface area (Å²) in [5.41, 5.74) is 2.63. The van der Waals surface area contributed by atoms with Crippen LogP contribution in [0, 0.1) is 3.57 Å². The molecule has 0 unspecified atom stereocenters. The maximum Gasteiger partial charge on any atom is 0.293 e. The molecule has 0 aliphatic carbocycles. The third-order valence-electron chi connectivity index (χ3n) is 4.92. The molecule has 1 heterocycles. The van der Waals surface area contributed by atoms with Gasteiger partial charge in [-0.1, -0.05) is 41.9 Å². The molecule has 2 amide bonds. The maximum atomic E-state index is 12.8. The Labute approximate surface area is 214 Å². The van der Waals surface area contributed by atoms with Gasteiger partial charge in [-0.15, -0.1) is 0 Å². The summed E-state index contributed by atoms with van der Waals surface area (Å²) in [6.07, 6.45) is 1.70. The van der Waals surface area contributed by atoms with Gasteiger partial charge in [-0.05, 0) is 93.5 Å². The Kier molecular flexibility index (Phi) is 7.62. The molecule has 3 aromatic rings. The number of rotatable bonds is 7. The van der Waals surface area contributed by atoms with Crippen molar-refractivity contribution in [3.63, 3.8) is 0 Å². The third-order valence-corrected chi connectivity index (χ3v) is 6.80. The number of benzene rings is 3. The van der Waals surface area contributed by atoms with Gasteiger partial charge in [0.15, 0.2) is 11.5 Å². The lowest BCUT2D eigenvalue weighted by atomic mass is 10.1. The summed E-state index contributed by atoms with van der Waals surface area (Å²) in [4.78, 5) is 26.9. The molecule has 1 aliphatic heterocycles. The molecule has 0 N–H and O–H groups in total. The number of hydrogen-bond acceptors (Lipinski definition) is 5. The van der Waals surface area contributed by atoms with Crippen molar-refractivity contribution in [2.45, 2.75) is 13.2 Å². The van der Waals surface area contributed by atoms with E-state index < -0.39 is 0 Å². The van der Waals surface area contributed by atoms with Crippen LogP contribution in [-0.4, -0.2) is 23.2 Å². The van der Waals surface area contributed by atoms with E-state index in [2.05, 4.69) is 22.6 Å². The zero-order chi connectivity index (χ0) is 23.4.